The van der Waals surface area contributed by atoms with Crippen molar-refractivity contribution < 1.29 is 2.74 Å². The van der Waals surface area contributed by atoms with Crippen LogP contribution in [0.2, 0.25) is 0 Å². The molecule has 1 aromatic heterocycles. The Bertz CT molecular complexity index is 692. The SMILES string of the molecule is [2H]c1ccc2nc3ccccc3cc2c1[2H]. The first kappa shape index (κ1) is 5.76. The van der Waals surface area contributed by atoms with Gasteiger partial charge in [0.15, 0.2) is 0 Å². The Morgan fingerprint density at radius 2 is 1.71 bits per heavy atom. The number of fused-ring (bicyclic) bond motifs is 2. The fourth-order valence-corrected chi connectivity index (χ4v) is 1.60. The van der Waals surface area contributed by atoms with Crippen molar-refractivity contribution in [3.63, 3.8) is 0 Å². The quantitative estimate of drug-likeness (QED) is 0.484. The molecule has 0 aliphatic carbocycles. The molecule has 0 amide bonds. The molecule has 0 saturated heterocycles. The number of pyridine rings is 1. The normalized spacial score (nSPS) is 12.9. The Balaban J connectivity index is 2.51. The molecule has 2 aromatic carbocycles. The highest BCUT2D eigenvalue weighted by molar-refractivity contribution is 5.92. The molecule has 0 radical (unpaired) electrons. The van der Waals surface area contributed by atoms with Crippen molar-refractivity contribution in [1.29, 1.82) is 0 Å². The molecule has 0 spiro atoms. The van der Waals surface area contributed by atoms with E-state index >= 15 is 0 Å². The van der Waals surface area contributed by atoms with Gasteiger partial charge in [-0.15, -0.1) is 0 Å². The highest BCUT2D eigenvalue weighted by atomic mass is 14.7. The molecule has 66 valence electrons. The van der Waals surface area contributed by atoms with Gasteiger partial charge in [-0.3, -0.25) is 0 Å². The fourth-order valence-electron chi connectivity index (χ4n) is 1.60. The van der Waals surface area contributed by atoms with E-state index in [1.165, 1.54) is 0 Å². The van der Waals surface area contributed by atoms with Crippen LogP contribution in [0.3, 0.4) is 0 Å². The van der Waals surface area contributed by atoms with E-state index in [0.717, 1.165) is 21.8 Å². The van der Waals surface area contributed by atoms with Gasteiger partial charge in [-0.2, -0.15) is 0 Å². The summed E-state index contributed by atoms with van der Waals surface area (Å²) in [4.78, 5) is 4.48. The standard InChI is InChI=1S/C13H9N/c1-3-7-12-10(5-1)9-11-6-2-4-8-13(11)14-12/h1-9H/i1D,5D. The second-order valence-corrected chi connectivity index (χ2v) is 3.22. The third-order valence-electron chi connectivity index (χ3n) is 2.28. The van der Waals surface area contributed by atoms with Crippen LogP contribution in [0.1, 0.15) is 2.74 Å². The minimum Gasteiger partial charge on any atom is -0.248 e. The Kier molecular flexibility index (Phi) is 1.16. The average Bonchev–Trinajstić information content (AvgIpc) is 2.32. The first-order valence-corrected chi connectivity index (χ1v) is 4.51. The van der Waals surface area contributed by atoms with Crippen LogP contribution in [0.15, 0.2) is 54.5 Å². The molecule has 1 heterocycles. The van der Waals surface area contributed by atoms with E-state index in [9.17, 15) is 0 Å². The van der Waals surface area contributed by atoms with Crippen LogP contribution in [0.5, 0.6) is 0 Å². The van der Waals surface area contributed by atoms with E-state index in [2.05, 4.69) is 4.98 Å². The van der Waals surface area contributed by atoms with Crippen molar-refractivity contribution in [2.24, 2.45) is 0 Å². The molecule has 0 fully saturated rings. The van der Waals surface area contributed by atoms with Crippen LogP contribution in [-0.2, 0) is 0 Å². The molecule has 1 heteroatoms. The van der Waals surface area contributed by atoms with Crippen molar-refractivity contribution in [2.45, 2.75) is 0 Å². The first-order valence-electron chi connectivity index (χ1n) is 5.51. The average molecular weight is 181 g/mol. The zero-order valence-corrected chi connectivity index (χ0v) is 7.49. The molecule has 0 aliphatic rings. The summed E-state index contributed by atoms with van der Waals surface area (Å²) in [6.07, 6.45) is 0. The number of hydrogen-bond donors (Lipinski definition) is 0. The molecule has 0 aliphatic heterocycles. The van der Waals surface area contributed by atoms with E-state index in [1.807, 2.05) is 30.3 Å². The smallest absolute Gasteiger partial charge is 0.0709 e. The third kappa shape index (κ3) is 1.06. The lowest BCUT2D eigenvalue weighted by molar-refractivity contribution is 1.50. The molecule has 0 N–H and O–H groups in total. The lowest BCUT2D eigenvalue weighted by Crippen LogP contribution is -1.80. The van der Waals surface area contributed by atoms with Gasteiger partial charge in [0.2, 0.25) is 0 Å². The fraction of sp³-hybridized carbons (Fsp3) is 0. The molecule has 0 saturated carbocycles. The number of nitrogens with zero attached hydrogens (tertiary/aromatic N) is 1. The van der Waals surface area contributed by atoms with Crippen molar-refractivity contribution >= 4 is 21.8 Å². The van der Waals surface area contributed by atoms with Gasteiger partial charge in [0, 0.05) is 10.8 Å². The summed E-state index contributed by atoms with van der Waals surface area (Å²) in [5.74, 6) is 0. The summed E-state index contributed by atoms with van der Waals surface area (Å²) in [5, 5.41) is 1.75. The van der Waals surface area contributed by atoms with Gasteiger partial charge in [0.1, 0.15) is 0 Å². The maximum Gasteiger partial charge on any atom is 0.0709 e. The van der Waals surface area contributed by atoms with Crippen molar-refractivity contribution in [1.82, 2.24) is 4.98 Å². The lowest BCUT2D eigenvalue weighted by Gasteiger charge is -1.99. The molecule has 0 bridgehead atoms. The molecule has 0 atom stereocenters. The van der Waals surface area contributed by atoms with Gasteiger partial charge in [0.25, 0.3) is 0 Å². The van der Waals surface area contributed by atoms with Crippen molar-refractivity contribution in [3.8, 4) is 0 Å². The Morgan fingerprint density at radius 1 is 0.929 bits per heavy atom. The van der Waals surface area contributed by atoms with Crippen molar-refractivity contribution in [3.05, 3.63) is 54.5 Å². The summed E-state index contributed by atoms with van der Waals surface area (Å²) in [6, 6.07) is 13.6. The lowest BCUT2D eigenvalue weighted by atomic mass is 10.1. The summed E-state index contributed by atoms with van der Waals surface area (Å²) >= 11 is 0. The van der Waals surface area contributed by atoms with E-state index in [1.54, 1.807) is 12.1 Å². The molecule has 0 unspecified atom stereocenters. The predicted octanol–water partition coefficient (Wildman–Crippen LogP) is 3.39. The van der Waals surface area contributed by atoms with E-state index in [4.69, 9.17) is 2.74 Å². The molecular formula is C13H9N. The van der Waals surface area contributed by atoms with E-state index in [-0.39, 0.29) is 12.1 Å². The highest BCUT2D eigenvalue weighted by Gasteiger charge is 1.96. The summed E-state index contributed by atoms with van der Waals surface area (Å²) in [5.41, 5.74) is 1.70. The van der Waals surface area contributed by atoms with Gasteiger partial charge in [0.05, 0.1) is 13.8 Å². The first-order chi connectivity index (χ1) is 7.75. The van der Waals surface area contributed by atoms with Crippen LogP contribution in [-0.4, -0.2) is 4.98 Å². The van der Waals surface area contributed by atoms with Crippen LogP contribution < -0.4 is 0 Å². The van der Waals surface area contributed by atoms with E-state index in [0.29, 0.717) is 0 Å². The number of benzene rings is 2. The highest BCUT2D eigenvalue weighted by Crippen LogP contribution is 2.18. The molecule has 14 heavy (non-hydrogen) atoms. The maximum absolute atomic E-state index is 7.84. The van der Waals surface area contributed by atoms with Gasteiger partial charge in [-0.25, -0.2) is 4.98 Å². The summed E-state index contributed by atoms with van der Waals surface area (Å²) in [7, 11) is 0. The topological polar surface area (TPSA) is 12.9 Å². The van der Waals surface area contributed by atoms with Crippen LogP contribution >= 0.6 is 0 Å². The molecule has 1 nitrogen and oxygen atoms in total. The second-order valence-electron chi connectivity index (χ2n) is 3.22. The Hall–Kier alpha value is -1.89. The Morgan fingerprint density at radius 3 is 2.71 bits per heavy atom. The summed E-state index contributed by atoms with van der Waals surface area (Å²) < 4.78 is 15.4. The number of rotatable bonds is 0. The zero-order chi connectivity index (χ0) is 11.1. The second kappa shape index (κ2) is 2.81. The van der Waals surface area contributed by atoms with Gasteiger partial charge in [-0.1, -0.05) is 36.4 Å². The third-order valence-corrected chi connectivity index (χ3v) is 2.28. The van der Waals surface area contributed by atoms with Crippen LogP contribution in [0.25, 0.3) is 21.8 Å². The predicted molar refractivity (Wildman–Crippen MR) is 59.2 cm³/mol. The number of para-hydroxylation sites is 2. The monoisotopic (exact) mass is 181 g/mol. The summed E-state index contributed by atoms with van der Waals surface area (Å²) in [6.45, 7) is 0. The van der Waals surface area contributed by atoms with Gasteiger partial charge in [-0.05, 0) is 18.2 Å². The number of hydrogen-bond acceptors (Lipinski definition) is 1. The minimum absolute atomic E-state index is 0.240. The molecule has 3 rings (SSSR count). The molecular weight excluding hydrogens is 170 g/mol. The minimum atomic E-state index is 0.240. The largest absolute Gasteiger partial charge is 0.248 e. The van der Waals surface area contributed by atoms with Crippen molar-refractivity contribution in [2.75, 3.05) is 0 Å². The van der Waals surface area contributed by atoms with Crippen LogP contribution in [0.4, 0.5) is 0 Å². The van der Waals surface area contributed by atoms with Gasteiger partial charge >= 0.3 is 0 Å². The van der Waals surface area contributed by atoms with Crippen LogP contribution in [0, 0.1) is 0 Å². The Labute approximate surface area is 84.8 Å². The number of aromatic nitrogens is 1. The van der Waals surface area contributed by atoms with Gasteiger partial charge < -0.3 is 0 Å². The van der Waals surface area contributed by atoms with E-state index < -0.39 is 0 Å². The molecule has 3 aromatic rings. The maximum atomic E-state index is 7.84. The zero-order valence-electron chi connectivity index (χ0n) is 9.49.